The second-order valence-electron chi connectivity index (χ2n) is 7.53. The highest BCUT2D eigenvalue weighted by Gasteiger charge is 2.27. The molecule has 0 aliphatic carbocycles. The zero-order chi connectivity index (χ0) is 26.0. The van der Waals surface area contributed by atoms with Gasteiger partial charge in [-0.05, 0) is 35.4 Å². The van der Waals surface area contributed by atoms with E-state index in [1.54, 1.807) is 11.8 Å². The van der Waals surface area contributed by atoms with Crippen LogP contribution in [0, 0.1) is 58.4 Å². The molecule has 0 aliphatic rings. The van der Waals surface area contributed by atoms with E-state index in [9.17, 15) is 35.1 Å². The molecule has 2 nitrogen and oxygen atoms in total. The van der Waals surface area contributed by atoms with Crippen LogP contribution in [0.5, 0.6) is 0 Å². The number of pyridine rings is 2. The average Bonchev–Trinajstić information content (AvgIpc) is 2.89. The van der Waals surface area contributed by atoms with Crippen LogP contribution in [-0.2, 0) is 12.8 Å². The Morgan fingerprint density at radius 3 is 1.00 bits per heavy atom. The Balaban J connectivity index is 1.76. The normalized spacial score (nSPS) is 10.8. The number of nitrogens with zero attached hydrogens (tertiary/aromatic N) is 2. The molecule has 2 heterocycles. The molecule has 0 saturated carbocycles. The Kier molecular flexibility index (Phi) is 7.01. The van der Waals surface area contributed by atoms with Crippen molar-refractivity contribution in [1.29, 1.82) is 0 Å². The van der Waals surface area contributed by atoms with Crippen LogP contribution in [-0.4, -0.2) is 9.97 Å². The zero-order valence-corrected chi connectivity index (χ0v) is 18.0. The molecule has 0 spiro atoms. The minimum Gasteiger partial charge on any atom is -0.265 e. The van der Waals surface area contributed by atoms with E-state index in [-0.39, 0.29) is 0 Å². The predicted molar refractivity (Wildman–Crippen MR) is 113 cm³/mol. The summed E-state index contributed by atoms with van der Waals surface area (Å²) >= 11 is 0. The topological polar surface area (TPSA) is 25.8 Å². The highest BCUT2D eigenvalue weighted by Crippen LogP contribution is 2.28. The Labute approximate surface area is 199 Å². The number of aromatic nitrogens is 2. The quantitative estimate of drug-likeness (QED) is 0.189. The zero-order valence-electron chi connectivity index (χ0n) is 18.0. The number of halogens is 8. The summed E-state index contributed by atoms with van der Waals surface area (Å²) in [4.78, 5) is 7.43. The molecule has 0 saturated heterocycles. The molecule has 0 bridgehead atoms. The summed E-state index contributed by atoms with van der Waals surface area (Å²) in [6.07, 6.45) is 4.17. The molecule has 0 atom stereocenters. The number of hydrogen-bond acceptors (Lipinski definition) is 2. The van der Waals surface area contributed by atoms with Crippen LogP contribution in [0.2, 0.25) is 0 Å². The second-order valence-corrected chi connectivity index (χ2v) is 7.53. The van der Waals surface area contributed by atoms with Gasteiger partial charge in [0.2, 0.25) is 0 Å². The van der Waals surface area contributed by atoms with E-state index < -0.39 is 81.6 Å². The number of benzene rings is 2. The maximum absolute atomic E-state index is 14.5. The molecule has 4 aromatic rings. The van der Waals surface area contributed by atoms with Crippen molar-refractivity contribution in [2.24, 2.45) is 0 Å². The second kappa shape index (κ2) is 10.2. The minimum atomic E-state index is -1.93. The van der Waals surface area contributed by atoms with Crippen molar-refractivity contribution >= 4 is 0 Å². The lowest BCUT2D eigenvalue weighted by atomic mass is 10.00. The van der Waals surface area contributed by atoms with Crippen LogP contribution in [0.4, 0.5) is 35.1 Å². The lowest BCUT2D eigenvalue weighted by Crippen LogP contribution is -2.09. The molecular formula is C26H12F8N2. The standard InChI is InChI=1S/C26H12F8N2/c27-19-15(20(28)24(32)17(23(19)31)11-13-3-7-35-8-4-13)1-2-16-21(29)25(33)18(26(34)22(16)30)12-14-5-9-36-10-6-14/h3-10H,11-12H2. The van der Waals surface area contributed by atoms with E-state index in [1.807, 2.05) is 0 Å². The van der Waals surface area contributed by atoms with Crippen LogP contribution in [0.15, 0.2) is 49.1 Å². The lowest BCUT2D eigenvalue weighted by Gasteiger charge is -2.10. The smallest absolute Gasteiger partial charge is 0.177 e. The van der Waals surface area contributed by atoms with Crippen LogP contribution < -0.4 is 0 Å². The first-order valence-corrected chi connectivity index (χ1v) is 10.2. The van der Waals surface area contributed by atoms with E-state index in [0.29, 0.717) is 11.1 Å². The van der Waals surface area contributed by atoms with Gasteiger partial charge in [-0.2, -0.15) is 0 Å². The van der Waals surface area contributed by atoms with Crippen LogP contribution in [0.3, 0.4) is 0 Å². The SMILES string of the molecule is Fc1c(F)c(Cc2ccncc2)c(F)c(F)c1C#Cc1c(F)c(F)c(Cc2ccncc2)c(F)c1F. The largest absolute Gasteiger partial charge is 0.265 e. The monoisotopic (exact) mass is 504 g/mol. The Morgan fingerprint density at radius 1 is 0.444 bits per heavy atom. The molecule has 4 rings (SSSR count). The van der Waals surface area contributed by atoms with E-state index in [1.165, 1.54) is 49.1 Å². The van der Waals surface area contributed by atoms with Crippen LogP contribution in [0.25, 0.3) is 0 Å². The fourth-order valence-corrected chi connectivity index (χ4v) is 3.42. The van der Waals surface area contributed by atoms with Crippen molar-refractivity contribution in [2.75, 3.05) is 0 Å². The van der Waals surface area contributed by atoms with Gasteiger partial charge in [0, 0.05) is 48.8 Å². The van der Waals surface area contributed by atoms with Gasteiger partial charge in [-0.15, -0.1) is 0 Å². The van der Waals surface area contributed by atoms with E-state index in [2.05, 4.69) is 9.97 Å². The molecule has 182 valence electrons. The van der Waals surface area contributed by atoms with E-state index in [4.69, 9.17) is 0 Å². The molecule has 0 N–H and O–H groups in total. The molecule has 0 fully saturated rings. The van der Waals surface area contributed by atoms with Gasteiger partial charge in [0.1, 0.15) is 11.1 Å². The third-order valence-electron chi connectivity index (χ3n) is 5.28. The first kappa shape index (κ1) is 24.9. The molecule has 0 unspecified atom stereocenters. The molecule has 36 heavy (non-hydrogen) atoms. The molecule has 0 radical (unpaired) electrons. The lowest BCUT2D eigenvalue weighted by molar-refractivity contribution is 0.437. The van der Waals surface area contributed by atoms with Gasteiger partial charge in [0.15, 0.2) is 46.5 Å². The highest BCUT2D eigenvalue weighted by atomic mass is 19.2. The van der Waals surface area contributed by atoms with E-state index in [0.717, 1.165) is 0 Å². The van der Waals surface area contributed by atoms with Gasteiger partial charge in [0.25, 0.3) is 0 Å². The fraction of sp³-hybridized carbons (Fsp3) is 0.0769. The van der Waals surface area contributed by atoms with Gasteiger partial charge in [0.05, 0.1) is 0 Å². The molecule has 0 amide bonds. The maximum atomic E-state index is 14.5. The average molecular weight is 504 g/mol. The molecule has 10 heteroatoms. The summed E-state index contributed by atoms with van der Waals surface area (Å²) in [5.41, 5.74) is -4.30. The van der Waals surface area contributed by atoms with Crippen molar-refractivity contribution in [3.05, 3.63) is 129 Å². The summed E-state index contributed by atoms with van der Waals surface area (Å²) < 4.78 is 116. The predicted octanol–water partition coefficient (Wildman–Crippen LogP) is 6.17. The number of rotatable bonds is 4. The first-order valence-electron chi connectivity index (χ1n) is 10.2. The number of hydrogen-bond donors (Lipinski definition) is 0. The summed E-state index contributed by atoms with van der Waals surface area (Å²) in [6, 6.07) is 5.48. The van der Waals surface area contributed by atoms with Gasteiger partial charge < -0.3 is 0 Å². The Bertz CT molecular complexity index is 1340. The van der Waals surface area contributed by atoms with Crippen LogP contribution >= 0.6 is 0 Å². The van der Waals surface area contributed by atoms with Gasteiger partial charge >= 0.3 is 0 Å². The van der Waals surface area contributed by atoms with Gasteiger partial charge in [-0.3, -0.25) is 9.97 Å². The summed E-state index contributed by atoms with van der Waals surface area (Å²) in [6.45, 7) is 0. The van der Waals surface area contributed by atoms with Crippen molar-refractivity contribution in [1.82, 2.24) is 9.97 Å². The van der Waals surface area contributed by atoms with Crippen molar-refractivity contribution < 1.29 is 35.1 Å². The Hall–Kier alpha value is -4.26. The van der Waals surface area contributed by atoms with Crippen molar-refractivity contribution in [3.63, 3.8) is 0 Å². The van der Waals surface area contributed by atoms with Crippen molar-refractivity contribution in [3.8, 4) is 11.8 Å². The molecule has 2 aromatic carbocycles. The molecule has 2 aromatic heterocycles. The summed E-state index contributed by atoms with van der Waals surface area (Å²) in [7, 11) is 0. The van der Waals surface area contributed by atoms with Crippen LogP contribution in [0.1, 0.15) is 33.4 Å². The van der Waals surface area contributed by atoms with Gasteiger partial charge in [-0.1, -0.05) is 11.8 Å². The molecule has 0 aliphatic heterocycles. The maximum Gasteiger partial charge on any atom is 0.177 e. The summed E-state index contributed by atoms with van der Waals surface area (Å²) in [5.74, 6) is -11.7. The third-order valence-corrected chi connectivity index (χ3v) is 5.28. The molecular weight excluding hydrogens is 492 g/mol. The highest BCUT2D eigenvalue weighted by molar-refractivity contribution is 5.49. The van der Waals surface area contributed by atoms with Crippen molar-refractivity contribution in [2.45, 2.75) is 12.8 Å². The summed E-state index contributed by atoms with van der Waals surface area (Å²) in [5, 5.41) is 0. The fourth-order valence-electron chi connectivity index (χ4n) is 3.42. The minimum absolute atomic E-state index is 0.294. The Morgan fingerprint density at radius 2 is 0.722 bits per heavy atom. The third kappa shape index (κ3) is 4.64. The first-order chi connectivity index (χ1) is 17.2. The van der Waals surface area contributed by atoms with E-state index >= 15 is 0 Å². The van der Waals surface area contributed by atoms with Gasteiger partial charge in [-0.25, -0.2) is 35.1 Å².